The molecule has 1 N–H and O–H groups in total. The zero-order valence-corrected chi connectivity index (χ0v) is 19.5. The fraction of sp³-hybridized carbons (Fsp3) is 0.400. The van der Waals surface area contributed by atoms with Crippen LogP contribution in [-0.2, 0) is 24.9 Å². The summed E-state index contributed by atoms with van der Waals surface area (Å²) in [6.45, 7) is 3.62. The average Bonchev–Trinajstić information content (AvgIpc) is 3.41. The first-order chi connectivity index (χ1) is 14.2. The molecule has 9 nitrogen and oxygen atoms in total. The summed E-state index contributed by atoms with van der Waals surface area (Å²) in [6, 6.07) is 8.46. The molecule has 1 unspecified atom stereocenters. The third-order valence-electron chi connectivity index (χ3n) is 4.93. The van der Waals surface area contributed by atoms with Gasteiger partial charge in [-0.25, -0.2) is 9.67 Å². The number of nitrogens with zero attached hydrogens (tertiary/aromatic N) is 7. The Morgan fingerprint density at radius 1 is 1.30 bits per heavy atom. The molecule has 0 bridgehead atoms. The first-order valence-electron chi connectivity index (χ1n) is 9.67. The second kappa shape index (κ2) is 10.5. The van der Waals surface area contributed by atoms with Gasteiger partial charge in [-0.3, -0.25) is 9.67 Å². The zero-order chi connectivity index (χ0) is 20.1. The Hall–Kier alpha value is -2.47. The number of ether oxygens (including phenoxy) is 1. The molecule has 3 aromatic rings. The Labute approximate surface area is 193 Å². The summed E-state index contributed by atoms with van der Waals surface area (Å²) in [5, 5.41) is 11.9. The molecule has 1 atom stereocenters. The number of rotatable bonds is 5. The Morgan fingerprint density at radius 3 is 2.90 bits per heavy atom. The van der Waals surface area contributed by atoms with Crippen molar-refractivity contribution >= 4 is 29.9 Å². The average molecular weight is 522 g/mol. The molecule has 2 aromatic heterocycles. The maximum atomic E-state index is 5.94. The van der Waals surface area contributed by atoms with E-state index in [4.69, 9.17) is 4.74 Å². The third-order valence-corrected chi connectivity index (χ3v) is 4.93. The summed E-state index contributed by atoms with van der Waals surface area (Å²) in [6.07, 6.45) is 7.15. The van der Waals surface area contributed by atoms with Crippen LogP contribution in [0, 0.1) is 0 Å². The lowest BCUT2D eigenvalue weighted by molar-refractivity contribution is -0.00805. The van der Waals surface area contributed by atoms with E-state index in [-0.39, 0.29) is 30.1 Å². The number of hydrogen-bond acceptors (Lipinski definition) is 5. The maximum Gasteiger partial charge on any atom is 0.194 e. The molecule has 0 spiro atoms. The van der Waals surface area contributed by atoms with Crippen LogP contribution in [0.4, 0.5) is 0 Å². The first-order valence-corrected chi connectivity index (χ1v) is 9.67. The standard InChI is InChI=1S/C20H26N8O.HI/c1-21-20(27-6-7-29-19(13-27)18-10-24-26(2)12-18)23-9-16-4-3-5-17(8-16)11-28-15-22-14-25-28;/h3-5,8,10,12,14-15,19H,6-7,9,11,13H2,1-2H3,(H,21,23);1H. The van der Waals surface area contributed by atoms with Crippen molar-refractivity contribution in [1.29, 1.82) is 0 Å². The second-order valence-electron chi connectivity index (χ2n) is 7.07. The SMILES string of the molecule is CN=C(NCc1cccc(Cn2cncn2)c1)N1CCOC(c2cnn(C)c2)C1.I. The van der Waals surface area contributed by atoms with Gasteiger partial charge in [0.05, 0.1) is 25.9 Å². The highest BCUT2D eigenvalue weighted by molar-refractivity contribution is 14.0. The van der Waals surface area contributed by atoms with Crippen LogP contribution in [0.15, 0.2) is 54.3 Å². The van der Waals surface area contributed by atoms with Gasteiger partial charge in [-0.15, -0.1) is 24.0 Å². The summed E-state index contributed by atoms with van der Waals surface area (Å²) in [5.41, 5.74) is 3.47. The lowest BCUT2D eigenvalue weighted by atomic mass is 10.1. The molecule has 160 valence electrons. The molecule has 1 saturated heterocycles. The van der Waals surface area contributed by atoms with Crippen molar-refractivity contribution in [3.63, 3.8) is 0 Å². The van der Waals surface area contributed by atoms with Crippen molar-refractivity contribution in [3.05, 3.63) is 66.0 Å². The van der Waals surface area contributed by atoms with E-state index < -0.39 is 0 Å². The number of aryl methyl sites for hydroxylation is 1. The molecule has 1 aliphatic rings. The molecule has 1 aromatic carbocycles. The van der Waals surface area contributed by atoms with Crippen molar-refractivity contribution in [2.45, 2.75) is 19.2 Å². The molecule has 3 heterocycles. The van der Waals surface area contributed by atoms with E-state index in [1.165, 1.54) is 11.1 Å². The number of guanidine groups is 1. The summed E-state index contributed by atoms with van der Waals surface area (Å²) in [7, 11) is 3.74. The van der Waals surface area contributed by atoms with Crippen molar-refractivity contribution < 1.29 is 4.74 Å². The quantitative estimate of drug-likeness (QED) is 0.313. The minimum absolute atomic E-state index is 0. The summed E-state index contributed by atoms with van der Waals surface area (Å²) in [5.74, 6) is 0.879. The number of aromatic nitrogens is 5. The molecule has 0 amide bonds. The van der Waals surface area contributed by atoms with Gasteiger partial charge in [0.2, 0.25) is 0 Å². The number of halogens is 1. The second-order valence-corrected chi connectivity index (χ2v) is 7.07. The highest BCUT2D eigenvalue weighted by Gasteiger charge is 2.25. The van der Waals surface area contributed by atoms with E-state index in [1.807, 2.05) is 31.2 Å². The Balaban J connectivity index is 0.00000256. The lowest BCUT2D eigenvalue weighted by Crippen LogP contribution is -2.47. The van der Waals surface area contributed by atoms with E-state index >= 15 is 0 Å². The Morgan fingerprint density at radius 2 is 2.17 bits per heavy atom. The van der Waals surface area contributed by atoms with Gasteiger partial charge in [0.25, 0.3) is 0 Å². The van der Waals surface area contributed by atoms with Gasteiger partial charge < -0.3 is 15.0 Å². The highest BCUT2D eigenvalue weighted by Crippen LogP contribution is 2.21. The molecule has 1 fully saturated rings. The number of aliphatic imine (C=N–C) groups is 1. The predicted molar refractivity (Wildman–Crippen MR) is 125 cm³/mol. The highest BCUT2D eigenvalue weighted by atomic mass is 127. The van der Waals surface area contributed by atoms with E-state index in [1.54, 1.807) is 17.3 Å². The van der Waals surface area contributed by atoms with Gasteiger partial charge in [-0.2, -0.15) is 10.2 Å². The molecule has 4 rings (SSSR count). The van der Waals surface area contributed by atoms with Crippen LogP contribution in [0.5, 0.6) is 0 Å². The Bertz CT molecular complexity index is 955. The Kier molecular flexibility index (Phi) is 7.80. The molecule has 10 heteroatoms. The number of nitrogens with one attached hydrogen (secondary N) is 1. The van der Waals surface area contributed by atoms with Crippen LogP contribution in [-0.4, -0.2) is 62.1 Å². The summed E-state index contributed by atoms with van der Waals surface area (Å²) >= 11 is 0. The van der Waals surface area contributed by atoms with Crippen LogP contribution in [0.1, 0.15) is 22.8 Å². The largest absolute Gasteiger partial charge is 0.370 e. The third kappa shape index (κ3) is 5.57. The smallest absolute Gasteiger partial charge is 0.194 e. The van der Waals surface area contributed by atoms with E-state index in [2.05, 4.69) is 54.7 Å². The van der Waals surface area contributed by atoms with Gasteiger partial charge in [0.15, 0.2) is 5.96 Å². The van der Waals surface area contributed by atoms with Crippen LogP contribution in [0.3, 0.4) is 0 Å². The van der Waals surface area contributed by atoms with E-state index in [9.17, 15) is 0 Å². The first kappa shape index (κ1) is 22.2. The van der Waals surface area contributed by atoms with Crippen molar-refractivity contribution in [2.24, 2.45) is 12.0 Å². The van der Waals surface area contributed by atoms with Crippen molar-refractivity contribution in [2.75, 3.05) is 26.7 Å². The topological polar surface area (TPSA) is 85.4 Å². The van der Waals surface area contributed by atoms with Crippen LogP contribution < -0.4 is 5.32 Å². The molecule has 0 aliphatic carbocycles. The summed E-state index contributed by atoms with van der Waals surface area (Å²) in [4.78, 5) is 10.7. The zero-order valence-electron chi connectivity index (χ0n) is 17.2. The molecule has 0 radical (unpaired) electrons. The van der Waals surface area contributed by atoms with E-state index in [0.717, 1.165) is 24.6 Å². The number of morpholine rings is 1. The normalized spacial score (nSPS) is 16.9. The van der Waals surface area contributed by atoms with Gasteiger partial charge in [-0.1, -0.05) is 24.3 Å². The molecule has 1 aliphatic heterocycles. The van der Waals surface area contributed by atoms with Gasteiger partial charge in [-0.05, 0) is 11.1 Å². The van der Waals surface area contributed by atoms with Crippen LogP contribution >= 0.6 is 24.0 Å². The predicted octanol–water partition coefficient (Wildman–Crippen LogP) is 1.83. The minimum atomic E-state index is 0. The van der Waals surface area contributed by atoms with Crippen molar-refractivity contribution in [1.82, 2.24) is 34.8 Å². The fourth-order valence-corrected chi connectivity index (χ4v) is 3.50. The fourth-order valence-electron chi connectivity index (χ4n) is 3.50. The molecular formula is C20H27IN8O. The van der Waals surface area contributed by atoms with Crippen LogP contribution in [0.2, 0.25) is 0 Å². The monoisotopic (exact) mass is 522 g/mol. The molecular weight excluding hydrogens is 495 g/mol. The molecule has 0 saturated carbocycles. The summed E-state index contributed by atoms with van der Waals surface area (Å²) < 4.78 is 9.56. The van der Waals surface area contributed by atoms with Crippen molar-refractivity contribution in [3.8, 4) is 0 Å². The maximum absolute atomic E-state index is 5.94. The van der Waals surface area contributed by atoms with E-state index in [0.29, 0.717) is 19.7 Å². The molecule has 30 heavy (non-hydrogen) atoms. The number of benzene rings is 1. The van der Waals surface area contributed by atoms with Gasteiger partial charge in [0, 0.05) is 38.9 Å². The number of hydrogen-bond donors (Lipinski definition) is 1. The lowest BCUT2D eigenvalue weighted by Gasteiger charge is -2.34. The van der Waals surface area contributed by atoms with Gasteiger partial charge >= 0.3 is 0 Å². The van der Waals surface area contributed by atoms with Crippen LogP contribution in [0.25, 0.3) is 0 Å². The van der Waals surface area contributed by atoms with Gasteiger partial charge in [0.1, 0.15) is 18.8 Å². The minimum Gasteiger partial charge on any atom is -0.370 e.